The number of anilines is 1. The zero-order valence-corrected chi connectivity index (χ0v) is 27.7. The number of benzene rings is 4. The van der Waals surface area contributed by atoms with Gasteiger partial charge in [-0.3, -0.25) is 14.4 Å². The summed E-state index contributed by atoms with van der Waals surface area (Å²) in [5.74, 6) is -0.700. The van der Waals surface area contributed by atoms with Crippen molar-refractivity contribution >= 4 is 35.2 Å². The Labute approximate surface area is 284 Å². The van der Waals surface area contributed by atoms with Gasteiger partial charge < -0.3 is 30.3 Å². The van der Waals surface area contributed by atoms with E-state index in [4.69, 9.17) is 14.6 Å². The number of carbonyl (C=O) groups is 3. The smallest absolute Gasteiger partial charge is 0.303 e. The van der Waals surface area contributed by atoms with E-state index in [2.05, 4.69) is 17.6 Å². The summed E-state index contributed by atoms with van der Waals surface area (Å²) < 4.78 is 13.3. The Hall–Kier alpha value is -4.48. The minimum atomic E-state index is -1.00. The fourth-order valence-electron chi connectivity index (χ4n) is 5.60. The van der Waals surface area contributed by atoms with Crippen molar-refractivity contribution in [1.29, 1.82) is 0 Å². The van der Waals surface area contributed by atoms with Crippen LogP contribution in [0.25, 0.3) is 11.1 Å². The Kier molecular flexibility index (Phi) is 12.0. The maximum absolute atomic E-state index is 12.1. The number of rotatable bonds is 13. The van der Waals surface area contributed by atoms with Crippen molar-refractivity contribution in [2.45, 2.75) is 63.2 Å². The zero-order chi connectivity index (χ0) is 34.0. The zero-order valence-electron chi connectivity index (χ0n) is 26.9. The molecule has 10 heteroatoms. The van der Waals surface area contributed by atoms with Gasteiger partial charge in [0.05, 0.1) is 25.2 Å². The number of carboxylic acids is 1. The lowest BCUT2D eigenvalue weighted by molar-refractivity contribution is -0.268. The van der Waals surface area contributed by atoms with Crippen LogP contribution in [0.15, 0.2) is 102 Å². The fourth-order valence-corrected chi connectivity index (χ4v) is 6.67. The van der Waals surface area contributed by atoms with Crippen LogP contribution < -0.4 is 10.6 Å². The Bertz CT molecular complexity index is 1690. The van der Waals surface area contributed by atoms with E-state index in [0.29, 0.717) is 5.75 Å². The van der Waals surface area contributed by atoms with Crippen LogP contribution in [0.3, 0.4) is 0 Å². The van der Waals surface area contributed by atoms with Crippen LogP contribution in [0.5, 0.6) is 0 Å². The molecule has 2 amide bonds. The van der Waals surface area contributed by atoms with Crippen LogP contribution in [0.4, 0.5) is 5.69 Å². The molecular weight excluding hydrogens is 628 g/mol. The van der Waals surface area contributed by atoms with Crippen molar-refractivity contribution in [2.75, 3.05) is 11.1 Å². The van der Waals surface area contributed by atoms with Crippen molar-refractivity contribution in [3.05, 3.63) is 119 Å². The van der Waals surface area contributed by atoms with Gasteiger partial charge in [-0.1, -0.05) is 79.7 Å². The van der Waals surface area contributed by atoms with E-state index in [1.165, 1.54) is 6.92 Å². The molecule has 0 spiro atoms. The molecule has 0 saturated carbocycles. The Morgan fingerprint density at radius 2 is 1.52 bits per heavy atom. The first-order valence-corrected chi connectivity index (χ1v) is 16.9. The number of thioether (sulfide) groups is 1. The van der Waals surface area contributed by atoms with Crippen LogP contribution in [0.2, 0.25) is 0 Å². The average Bonchev–Trinajstić information content (AvgIpc) is 3.10. The second-order valence-corrected chi connectivity index (χ2v) is 12.9. The average molecular weight is 669 g/mol. The number of hydrogen-bond donors (Lipinski definition) is 4. The summed E-state index contributed by atoms with van der Waals surface area (Å²) in [7, 11) is 0. The molecule has 0 bridgehead atoms. The van der Waals surface area contributed by atoms with E-state index in [1.54, 1.807) is 11.8 Å². The number of amides is 2. The van der Waals surface area contributed by atoms with Gasteiger partial charge in [0, 0.05) is 47.7 Å². The molecule has 4 N–H and O–H groups in total. The summed E-state index contributed by atoms with van der Waals surface area (Å²) in [5.41, 5.74) is 6.31. The molecular formula is C38H40N2O7S. The van der Waals surface area contributed by atoms with Gasteiger partial charge in [-0.25, -0.2) is 0 Å². The van der Waals surface area contributed by atoms with Gasteiger partial charge in [0.15, 0.2) is 6.29 Å². The highest BCUT2D eigenvalue weighted by atomic mass is 32.2. The number of aliphatic hydroxyl groups excluding tert-OH is 1. The Morgan fingerprint density at radius 1 is 0.833 bits per heavy atom. The topological polar surface area (TPSA) is 134 Å². The van der Waals surface area contributed by atoms with E-state index in [-0.39, 0.29) is 55.9 Å². The minimum Gasteiger partial charge on any atom is -0.481 e. The van der Waals surface area contributed by atoms with Crippen LogP contribution in [-0.4, -0.2) is 39.9 Å². The Morgan fingerprint density at radius 3 is 2.19 bits per heavy atom. The summed E-state index contributed by atoms with van der Waals surface area (Å²) in [6.45, 7) is 3.88. The van der Waals surface area contributed by atoms with Crippen LogP contribution in [0.1, 0.15) is 61.3 Å². The molecule has 0 radical (unpaired) electrons. The SMILES string of the molecule is CC(=O)Nc1ccc(SC[C@H]2O[C@@H](c3ccc(-c4ccccc4CNC(=O)CCC(=O)O)cc3)O[C@@H](c3ccc(CO)cc3)[C@H]2C)cc1. The minimum absolute atomic E-state index is 0.0281. The summed E-state index contributed by atoms with van der Waals surface area (Å²) in [4.78, 5) is 35.4. The molecule has 48 heavy (non-hydrogen) atoms. The van der Waals surface area contributed by atoms with Gasteiger partial charge >= 0.3 is 5.97 Å². The number of nitrogens with one attached hydrogen (secondary N) is 2. The van der Waals surface area contributed by atoms with Gasteiger partial charge in [0.25, 0.3) is 0 Å². The number of ether oxygens (including phenoxy) is 2. The molecule has 0 aliphatic carbocycles. The molecule has 1 saturated heterocycles. The quantitative estimate of drug-likeness (QED) is 0.114. The molecule has 1 heterocycles. The van der Waals surface area contributed by atoms with E-state index in [9.17, 15) is 19.5 Å². The monoisotopic (exact) mass is 668 g/mol. The first-order valence-electron chi connectivity index (χ1n) is 15.9. The highest BCUT2D eigenvalue weighted by Gasteiger charge is 2.38. The van der Waals surface area contributed by atoms with Gasteiger partial charge in [-0.15, -0.1) is 11.8 Å². The molecule has 9 nitrogen and oxygen atoms in total. The van der Waals surface area contributed by atoms with Crippen molar-refractivity contribution < 1.29 is 34.1 Å². The summed E-state index contributed by atoms with van der Waals surface area (Å²) in [6, 6.07) is 31.4. The van der Waals surface area contributed by atoms with Crippen molar-refractivity contribution in [3.63, 3.8) is 0 Å². The molecule has 4 aromatic rings. The lowest BCUT2D eigenvalue weighted by atomic mass is 9.91. The van der Waals surface area contributed by atoms with Gasteiger partial charge in [-0.2, -0.15) is 0 Å². The molecule has 5 rings (SSSR count). The lowest BCUT2D eigenvalue weighted by Gasteiger charge is -2.41. The van der Waals surface area contributed by atoms with Crippen LogP contribution in [0, 0.1) is 5.92 Å². The maximum Gasteiger partial charge on any atom is 0.303 e. The third-order valence-electron chi connectivity index (χ3n) is 8.27. The third-order valence-corrected chi connectivity index (χ3v) is 9.37. The summed E-state index contributed by atoms with van der Waals surface area (Å²) in [5, 5.41) is 24.0. The van der Waals surface area contributed by atoms with E-state index < -0.39 is 12.3 Å². The summed E-state index contributed by atoms with van der Waals surface area (Å²) >= 11 is 1.69. The van der Waals surface area contributed by atoms with Gasteiger partial charge in [0.1, 0.15) is 0 Å². The van der Waals surface area contributed by atoms with Gasteiger partial charge in [0.2, 0.25) is 11.8 Å². The molecule has 0 unspecified atom stereocenters. The summed E-state index contributed by atoms with van der Waals surface area (Å²) in [6.07, 6.45) is -1.27. The molecule has 1 fully saturated rings. The predicted molar refractivity (Wildman–Crippen MR) is 185 cm³/mol. The second-order valence-electron chi connectivity index (χ2n) is 11.8. The first-order chi connectivity index (χ1) is 23.2. The largest absolute Gasteiger partial charge is 0.481 e. The maximum atomic E-state index is 12.1. The van der Waals surface area contributed by atoms with Crippen molar-refractivity contribution in [3.8, 4) is 11.1 Å². The fraction of sp³-hybridized carbons (Fsp3) is 0.289. The van der Waals surface area contributed by atoms with Gasteiger partial charge in [-0.05, 0) is 52.1 Å². The van der Waals surface area contributed by atoms with E-state index in [0.717, 1.165) is 44.0 Å². The number of hydrogen-bond acceptors (Lipinski definition) is 7. The normalized spacial score (nSPS) is 19.0. The molecule has 0 aromatic heterocycles. The molecule has 1 aliphatic rings. The second kappa shape index (κ2) is 16.6. The molecule has 250 valence electrons. The molecule has 4 aromatic carbocycles. The predicted octanol–water partition coefficient (Wildman–Crippen LogP) is 6.87. The number of aliphatic hydroxyl groups is 1. The standard InChI is InChI=1S/C38H40N2O7S/c1-24-34(23-48-32-17-15-31(16-18-32)40-25(2)42)46-38(47-37(24)28-9-7-26(22-41)8-10-28)29-13-11-27(12-14-29)33-6-4-3-5-30(33)21-39-35(43)19-20-36(44)45/h3-18,24,34,37-38,41H,19-23H2,1-2H3,(H,39,43)(H,40,42)(H,44,45)/t24-,34+,37+,38+/m0/s1. The third kappa shape index (κ3) is 9.32. The van der Waals surface area contributed by atoms with Crippen LogP contribution >= 0.6 is 11.8 Å². The van der Waals surface area contributed by atoms with Crippen LogP contribution in [-0.2, 0) is 37.0 Å². The highest BCUT2D eigenvalue weighted by Crippen LogP contribution is 2.43. The number of carbonyl (C=O) groups excluding carboxylic acids is 2. The lowest BCUT2D eigenvalue weighted by Crippen LogP contribution is -2.38. The molecule has 1 aliphatic heterocycles. The van der Waals surface area contributed by atoms with Crippen molar-refractivity contribution in [2.24, 2.45) is 5.92 Å². The Balaban J connectivity index is 1.33. The highest BCUT2D eigenvalue weighted by molar-refractivity contribution is 7.99. The first kappa shape index (κ1) is 34.8. The van der Waals surface area contributed by atoms with E-state index in [1.807, 2.05) is 97.1 Å². The van der Waals surface area contributed by atoms with Crippen molar-refractivity contribution in [1.82, 2.24) is 5.32 Å². The number of aliphatic carboxylic acids is 1. The van der Waals surface area contributed by atoms with E-state index >= 15 is 0 Å². The number of carboxylic acid groups (broad SMARTS) is 1. The molecule has 4 atom stereocenters.